The number of aryl methyl sites for hydroxylation is 1. The molecule has 5 nitrogen and oxygen atoms in total. The molecule has 0 unspecified atom stereocenters. The summed E-state index contributed by atoms with van der Waals surface area (Å²) in [5.74, 6) is -0.155. The van der Waals surface area contributed by atoms with Gasteiger partial charge in [0, 0.05) is 24.1 Å². The molecule has 2 aromatic heterocycles. The monoisotopic (exact) mass is 346 g/mol. The van der Waals surface area contributed by atoms with Crippen molar-refractivity contribution >= 4 is 11.6 Å². The molecule has 3 aromatic rings. The zero-order chi connectivity index (χ0) is 18.0. The molecule has 0 spiro atoms. The molecule has 0 aliphatic carbocycles. The number of alkyl halides is 3. The van der Waals surface area contributed by atoms with E-state index in [1.807, 2.05) is 13.0 Å². The van der Waals surface area contributed by atoms with E-state index in [0.717, 1.165) is 23.4 Å². The highest BCUT2D eigenvalue weighted by molar-refractivity contribution is 5.70. The molecular formula is C17H13F3N4O. The Balaban J connectivity index is 1.95. The van der Waals surface area contributed by atoms with Crippen molar-refractivity contribution in [2.75, 3.05) is 5.32 Å². The molecule has 0 aliphatic heterocycles. The minimum absolute atomic E-state index is 0.155. The summed E-state index contributed by atoms with van der Waals surface area (Å²) in [5.41, 5.74) is 1.57. The van der Waals surface area contributed by atoms with Gasteiger partial charge in [0.25, 0.3) is 0 Å². The lowest BCUT2D eigenvalue weighted by Gasteiger charge is -2.11. The number of hydrogen-bond donors (Lipinski definition) is 2. The Bertz CT molecular complexity index is 966. The van der Waals surface area contributed by atoms with Crippen LogP contribution in [0.1, 0.15) is 11.3 Å². The van der Waals surface area contributed by atoms with E-state index in [9.17, 15) is 18.0 Å². The van der Waals surface area contributed by atoms with Crippen LogP contribution in [0.25, 0.3) is 11.1 Å². The molecule has 0 saturated carbocycles. The van der Waals surface area contributed by atoms with Gasteiger partial charge in [-0.2, -0.15) is 13.2 Å². The van der Waals surface area contributed by atoms with Crippen LogP contribution in [0, 0.1) is 6.92 Å². The van der Waals surface area contributed by atoms with Crippen molar-refractivity contribution in [2.24, 2.45) is 0 Å². The van der Waals surface area contributed by atoms with Gasteiger partial charge in [0.2, 0.25) is 11.5 Å². The lowest BCUT2D eigenvalue weighted by molar-refractivity contribution is -0.141. The quantitative estimate of drug-likeness (QED) is 0.754. The van der Waals surface area contributed by atoms with Crippen molar-refractivity contribution in [1.82, 2.24) is 15.0 Å². The molecule has 0 atom stereocenters. The predicted molar refractivity (Wildman–Crippen MR) is 87.6 cm³/mol. The molecule has 0 amide bonds. The summed E-state index contributed by atoms with van der Waals surface area (Å²) in [6.07, 6.45) is -1.96. The molecule has 8 heteroatoms. The number of aromatic nitrogens is 3. The molecule has 0 bridgehead atoms. The van der Waals surface area contributed by atoms with Gasteiger partial charge in [-0.1, -0.05) is 6.07 Å². The Hall–Kier alpha value is -3.16. The first kappa shape index (κ1) is 16.7. The third-order valence-corrected chi connectivity index (χ3v) is 3.39. The van der Waals surface area contributed by atoms with E-state index in [1.165, 1.54) is 12.3 Å². The number of rotatable bonds is 3. The SMILES string of the molecule is Cc1cc(Nc2nccc(C(F)(F)F)n2)cc(-c2cc[nH]c(=O)c2)c1. The third-order valence-electron chi connectivity index (χ3n) is 3.39. The molecule has 0 radical (unpaired) electrons. The number of benzene rings is 1. The predicted octanol–water partition coefficient (Wildman–Crippen LogP) is 3.90. The number of nitrogens with zero attached hydrogens (tertiary/aromatic N) is 2. The number of nitrogens with one attached hydrogen (secondary N) is 2. The number of H-pyrrole nitrogens is 1. The number of halogens is 3. The average molecular weight is 346 g/mol. The van der Waals surface area contributed by atoms with Gasteiger partial charge in [-0.3, -0.25) is 4.79 Å². The second-order valence-electron chi connectivity index (χ2n) is 5.42. The van der Waals surface area contributed by atoms with Gasteiger partial charge in [0.05, 0.1) is 0 Å². The molecule has 0 saturated heterocycles. The fraction of sp³-hybridized carbons (Fsp3) is 0.118. The normalized spacial score (nSPS) is 11.4. The Morgan fingerprint density at radius 3 is 2.60 bits per heavy atom. The molecule has 0 aliphatic rings. The van der Waals surface area contributed by atoms with Crippen molar-refractivity contribution < 1.29 is 13.2 Å². The average Bonchev–Trinajstić information content (AvgIpc) is 2.54. The summed E-state index contributed by atoms with van der Waals surface area (Å²) in [6.45, 7) is 1.84. The van der Waals surface area contributed by atoms with Crippen LogP contribution in [-0.2, 0) is 6.18 Å². The molecule has 2 heterocycles. The maximum Gasteiger partial charge on any atom is 0.433 e. The van der Waals surface area contributed by atoms with E-state index >= 15 is 0 Å². The molecule has 1 aromatic carbocycles. The number of anilines is 2. The first-order valence-corrected chi connectivity index (χ1v) is 7.29. The standard InChI is InChI=1S/C17H13F3N4O/c1-10-6-12(11-2-4-21-15(25)9-11)8-13(7-10)23-16-22-5-3-14(24-16)17(18,19)20/h2-9H,1H3,(H,21,25)(H,22,23,24). The van der Waals surface area contributed by atoms with Gasteiger partial charge < -0.3 is 10.3 Å². The van der Waals surface area contributed by atoms with E-state index in [2.05, 4.69) is 20.3 Å². The summed E-state index contributed by atoms with van der Waals surface area (Å²) < 4.78 is 38.2. The number of pyridine rings is 1. The topological polar surface area (TPSA) is 70.7 Å². The Kier molecular flexibility index (Phi) is 4.26. The highest BCUT2D eigenvalue weighted by Gasteiger charge is 2.32. The van der Waals surface area contributed by atoms with E-state index < -0.39 is 11.9 Å². The number of hydrogen-bond acceptors (Lipinski definition) is 4. The molecule has 0 fully saturated rings. The van der Waals surface area contributed by atoms with Crippen LogP contribution >= 0.6 is 0 Å². The first-order valence-electron chi connectivity index (χ1n) is 7.29. The second-order valence-corrected chi connectivity index (χ2v) is 5.42. The zero-order valence-corrected chi connectivity index (χ0v) is 13.1. The van der Waals surface area contributed by atoms with Crippen LogP contribution in [0.4, 0.5) is 24.8 Å². The van der Waals surface area contributed by atoms with E-state index in [0.29, 0.717) is 11.3 Å². The fourth-order valence-corrected chi connectivity index (χ4v) is 2.35. The summed E-state index contributed by atoms with van der Waals surface area (Å²) in [6, 6.07) is 9.32. The van der Waals surface area contributed by atoms with E-state index in [4.69, 9.17) is 0 Å². The minimum atomic E-state index is -4.54. The third kappa shape index (κ3) is 4.03. The molecule has 2 N–H and O–H groups in total. The highest BCUT2D eigenvalue weighted by Crippen LogP contribution is 2.29. The Morgan fingerprint density at radius 1 is 1.08 bits per heavy atom. The van der Waals surface area contributed by atoms with E-state index in [1.54, 1.807) is 18.2 Å². The van der Waals surface area contributed by atoms with Crippen molar-refractivity contribution in [3.05, 3.63) is 70.4 Å². The zero-order valence-electron chi connectivity index (χ0n) is 13.1. The van der Waals surface area contributed by atoms with Gasteiger partial charge in [-0.25, -0.2) is 9.97 Å². The van der Waals surface area contributed by atoms with Gasteiger partial charge in [0.15, 0.2) is 0 Å². The van der Waals surface area contributed by atoms with Crippen LogP contribution in [0.5, 0.6) is 0 Å². The van der Waals surface area contributed by atoms with Crippen molar-refractivity contribution in [2.45, 2.75) is 13.1 Å². The van der Waals surface area contributed by atoms with Crippen molar-refractivity contribution in [3.63, 3.8) is 0 Å². The van der Waals surface area contributed by atoms with E-state index in [-0.39, 0.29) is 11.5 Å². The maximum absolute atomic E-state index is 12.7. The summed E-state index contributed by atoms with van der Waals surface area (Å²) in [5, 5.41) is 2.77. The smallest absolute Gasteiger partial charge is 0.329 e. The highest BCUT2D eigenvalue weighted by atomic mass is 19.4. The minimum Gasteiger partial charge on any atom is -0.329 e. The molecule has 3 rings (SSSR count). The lowest BCUT2D eigenvalue weighted by atomic mass is 10.0. The molecular weight excluding hydrogens is 333 g/mol. The maximum atomic E-state index is 12.7. The van der Waals surface area contributed by atoms with Crippen LogP contribution in [0.15, 0.2) is 53.6 Å². The molecule has 128 valence electrons. The van der Waals surface area contributed by atoms with Crippen molar-refractivity contribution in [3.8, 4) is 11.1 Å². The van der Waals surface area contributed by atoms with Crippen LogP contribution in [0.2, 0.25) is 0 Å². The van der Waals surface area contributed by atoms with Crippen LogP contribution in [0.3, 0.4) is 0 Å². The van der Waals surface area contributed by atoms with Gasteiger partial charge in [0.1, 0.15) is 5.69 Å². The van der Waals surface area contributed by atoms with Gasteiger partial charge in [-0.05, 0) is 47.9 Å². The fourth-order valence-electron chi connectivity index (χ4n) is 2.35. The van der Waals surface area contributed by atoms with Gasteiger partial charge in [-0.15, -0.1) is 0 Å². The summed E-state index contributed by atoms with van der Waals surface area (Å²) in [7, 11) is 0. The van der Waals surface area contributed by atoms with Crippen LogP contribution in [-0.4, -0.2) is 15.0 Å². The van der Waals surface area contributed by atoms with Crippen LogP contribution < -0.4 is 10.9 Å². The summed E-state index contributed by atoms with van der Waals surface area (Å²) in [4.78, 5) is 21.3. The second kappa shape index (κ2) is 6.39. The Morgan fingerprint density at radius 2 is 1.88 bits per heavy atom. The Labute approximate surface area is 140 Å². The number of aromatic amines is 1. The van der Waals surface area contributed by atoms with Gasteiger partial charge >= 0.3 is 6.18 Å². The molecule has 25 heavy (non-hydrogen) atoms. The lowest BCUT2D eigenvalue weighted by Crippen LogP contribution is -2.10. The first-order chi connectivity index (χ1) is 11.8. The van der Waals surface area contributed by atoms with Crippen molar-refractivity contribution in [1.29, 1.82) is 0 Å². The largest absolute Gasteiger partial charge is 0.433 e. The summed E-state index contributed by atoms with van der Waals surface area (Å²) >= 11 is 0.